The molecular formula is C25H26N4O5. The lowest BCUT2D eigenvalue weighted by Crippen LogP contribution is -2.50. The van der Waals surface area contributed by atoms with E-state index < -0.39 is 36.2 Å². The van der Waals surface area contributed by atoms with Gasteiger partial charge in [0.05, 0.1) is 25.1 Å². The van der Waals surface area contributed by atoms with E-state index in [2.05, 4.69) is 20.6 Å². The van der Waals surface area contributed by atoms with Gasteiger partial charge in [0.2, 0.25) is 12.2 Å². The number of rotatable bonds is 9. The van der Waals surface area contributed by atoms with Crippen LogP contribution in [0, 0.1) is 0 Å². The molecule has 2 aromatic carbocycles. The molecule has 3 atom stereocenters. The third-order valence-electron chi connectivity index (χ3n) is 5.39. The maximum atomic E-state index is 12.6. The molecule has 34 heavy (non-hydrogen) atoms. The Kier molecular flexibility index (Phi) is 7.46. The number of H-pyrrole nitrogens is 1. The van der Waals surface area contributed by atoms with Crippen LogP contribution in [0.3, 0.4) is 0 Å². The maximum Gasteiger partial charge on any atom is 0.309 e. The molecule has 2 heterocycles. The number of hydrogen-bond acceptors (Lipinski definition) is 7. The van der Waals surface area contributed by atoms with Gasteiger partial charge < -0.3 is 14.5 Å². The molecule has 0 spiro atoms. The molecule has 3 aromatic rings. The lowest BCUT2D eigenvalue weighted by molar-refractivity contribution is -0.167. The first kappa shape index (κ1) is 23.3. The standard InChI is InChI=1S/C25H26N4O5/c1-16(27-19-13-22(30)34-25(19)33-15-18-10-6-3-7-11-18)23(31)29-24(32)20-14-26-21(28-20)12-17-8-4-2-5-9-17/h2-11,14,16,19,25,27H,12-13,15H2,1H3,(H,26,28)(H,29,31,32)/t16-,19?,25?/m0/s1. The molecule has 1 aromatic heterocycles. The summed E-state index contributed by atoms with van der Waals surface area (Å²) in [6.45, 7) is 1.87. The first-order valence-electron chi connectivity index (χ1n) is 11.0. The zero-order valence-electron chi connectivity index (χ0n) is 18.7. The SMILES string of the molecule is C[C@H](NC1CC(=O)OC1OCc1ccccc1)C(=O)NC(=O)c1c[nH]c(Cc2ccccc2)n1. The molecule has 0 aliphatic carbocycles. The minimum absolute atomic E-state index is 0.0627. The summed E-state index contributed by atoms with van der Waals surface area (Å²) in [5, 5.41) is 5.37. The molecule has 0 radical (unpaired) electrons. The average molecular weight is 463 g/mol. The van der Waals surface area contributed by atoms with Crippen molar-refractivity contribution in [3.63, 3.8) is 0 Å². The Morgan fingerprint density at radius 2 is 1.79 bits per heavy atom. The maximum absolute atomic E-state index is 12.6. The Morgan fingerprint density at radius 3 is 2.50 bits per heavy atom. The average Bonchev–Trinajstić information content (AvgIpc) is 3.45. The number of nitrogens with one attached hydrogen (secondary N) is 3. The van der Waals surface area contributed by atoms with Gasteiger partial charge in [-0.1, -0.05) is 60.7 Å². The van der Waals surface area contributed by atoms with Gasteiger partial charge in [0.1, 0.15) is 11.5 Å². The molecule has 2 unspecified atom stereocenters. The molecule has 4 rings (SSSR count). The number of imide groups is 1. The van der Waals surface area contributed by atoms with E-state index in [1.165, 1.54) is 6.20 Å². The van der Waals surface area contributed by atoms with Crippen molar-refractivity contribution < 1.29 is 23.9 Å². The fourth-order valence-electron chi connectivity index (χ4n) is 3.61. The quantitative estimate of drug-likeness (QED) is 0.416. The third kappa shape index (κ3) is 6.15. The number of carbonyl (C=O) groups is 3. The summed E-state index contributed by atoms with van der Waals surface area (Å²) in [4.78, 5) is 44.1. The van der Waals surface area contributed by atoms with Gasteiger partial charge in [-0.15, -0.1) is 0 Å². The van der Waals surface area contributed by atoms with Gasteiger partial charge in [-0.25, -0.2) is 4.98 Å². The lowest BCUT2D eigenvalue weighted by atomic mass is 10.1. The zero-order chi connectivity index (χ0) is 23.9. The molecule has 9 nitrogen and oxygen atoms in total. The molecule has 0 bridgehead atoms. The molecular weight excluding hydrogens is 436 g/mol. The van der Waals surface area contributed by atoms with Crippen LogP contribution in [0.15, 0.2) is 66.9 Å². The lowest BCUT2D eigenvalue weighted by Gasteiger charge is -2.22. The highest BCUT2D eigenvalue weighted by Crippen LogP contribution is 2.19. The number of aromatic nitrogens is 2. The van der Waals surface area contributed by atoms with Crippen LogP contribution in [-0.4, -0.2) is 46.1 Å². The van der Waals surface area contributed by atoms with Gasteiger partial charge in [0.25, 0.3) is 5.91 Å². The number of esters is 1. The van der Waals surface area contributed by atoms with Crippen LogP contribution in [0.4, 0.5) is 0 Å². The first-order valence-corrected chi connectivity index (χ1v) is 11.0. The molecule has 1 fully saturated rings. The van der Waals surface area contributed by atoms with Crippen LogP contribution in [0.25, 0.3) is 0 Å². The number of imidazole rings is 1. The summed E-state index contributed by atoms with van der Waals surface area (Å²) in [6.07, 6.45) is 1.24. The molecule has 9 heteroatoms. The smallest absolute Gasteiger partial charge is 0.309 e. The van der Waals surface area contributed by atoms with Gasteiger partial charge in [-0.3, -0.25) is 25.0 Å². The number of nitrogens with zero attached hydrogens (tertiary/aromatic N) is 1. The fraction of sp³-hybridized carbons (Fsp3) is 0.280. The Hall–Kier alpha value is -3.82. The third-order valence-corrected chi connectivity index (χ3v) is 5.39. The summed E-state index contributed by atoms with van der Waals surface area (Å²) in [6, 6.07) is 17.9. The highest BCUT2D eigenvalue weighted by atomic mass is 16.7. The van der Waals surface area contributed by atoms with E-state index in [4.69, 9.17) is 9.47 Å². The van der Waals surface area contributed by atoms with E-state index in [0.29, 0.717) is 12.2 Å². The summed E-state index contributed by atoms with van der Waals surface area (Å²) < 4.78 is 11.0. The van der Waals surface area contributed by atoms with Gasteiger partial charge in [-0.2, -0.15) is 0 Å². The Bertz CT molecular complexity index is 1130. The van der Waals surface area contributed by atoms with E-state index in [-0.39, 0.29) is 18.7 Å². The van der Waals surface area contributed by atoms with Crippen molar-refractivity contribution in [3.05, 3.63) is 89.5 Å². The molecule has 176 valence electrons. The van der Waals surface area contributed by atoms with Crippen molar-refractivity contribution in [1.82, 2.24) is 20.6 Å². The van der Waals surface area contributed by atoms with Crippen molar-refractivity contribution in [2.24, 2.45) is 0 Å². The van der Waals surface area contributed by atoms with E-state index in [9.17, 15) is 14.4 Å². The number of benzene rings is 2. The summed E-state index contributed by atoms with van der Waals surface area (Å²) in [5.74, 6) is -0.944. The van der Waals surface area contributed by atoms with Crippen molar-refractivity contribution in [2.45, 2.75) is 44.7 Å². The van der Waals surface area contributed by atoms with Gasteiger partial charge in [-0.05, 0) is 18.1 Å². The number of hydrogen-bond donors (Lipinski definition) is 3. The van der Waals surface area contributed by atoms with E-state index in [1.807, 2.05) is 60.7 Å². The van der Waals surface area contributed by atoms with Crippen molar-refractivity contribution in [3.8, 4) is 0 Å². The van der Waals surface area contributed by atoms with Crippen molar-refractivity contribution in [1.29, 1.82) is 0 Å². The Labute approximate surface area is 196 Å². The number of aromatic amines is 1. The largest absolute Gasteiger partial charge is 0.434 e. The molecule has 0 saturated carbocycles. The van der Waals surface area contributed by atoms with Crippen LogP contribution in [0.2, 0.25) is 0 Å². The highest BCUT2D eigenvalue weighted by Gasteiger charge is 2.37. The van der Waals surface area contributed by atoms with Crippen LogP contribution < -0.4 is 10.6 Å². The van der Waals surface area contributed by atoms with Crippen molar-refractivity contribution in [2.75, 3.05) is 0 Å². The molecule has 1 aliphatic rings. The normalized spacial score (nSPS) is 18.3. The minimum Gasteiger partial charge on any atom is -0.434 e. The predicted molar refractivity (Wildman–Crippen MR) is 122 cm³/mol. The number of carbonyl (C=O) groups excluding carboxylic acids is 3. The van der Waals surface area contributed by atoms with Crippen LogP contribution in [0.1, 0.15) is 40.8 Å². The van der Waals surface area contributed by atoms with E-state index >= 15 is 0 Å². The summed E-state index contributed by atoms with van der Waals surface area (Å²) in [5.41, 5.74) is 2.11. The predicted octanol–water partition coefficient (Wildman–Crippen LogP) is 2.09. The zero-order valence-corrected chi connectivity index (χ0v) is 18.7. The van der Waals surface area contributed by atoms with Crippen molar-refractivity contribution >= 4 is 17.8 Å². The van der Waals surface area contributed by atoms with Crippen LogP contribution in [-0.2, 0) is 32.1 Å². The second kappa shape index (κ2) is 10.9. The number of cyclic esters (lactones) is 1. The Balaban J connectivity index is 1.28. The summed E-state index contributed by atoms with van der Waals surface area (Å²) in [7, 11) is 0. The van der Waals surface area contributed by atoms with Gasteiger partial charge in [0, 0.05) is 12.6 Å². The Morgan fingerprint density at radius 1 is 1.12 bits per heavy atom. The second-order valence-electron chi connectivity index (χ2n) is 8.07. The number of amides is 2. The topological polar surface area (TPSA) is 122 Å². The first-order chi connectivity index (χ1) is 16.5. The second-order valence-corrected chi connectivity index (χ2v) is 8.07. The highest BCUT2D eigenvalue weighted by molar-refractivity contribution is 6.04. The van der Waals surface area contributed by atoms with Gasteiger partial charge in [0.15, 0.2) is 0 Å². The molecule has 3 N–H and O–H groups in total. The minimum atomic E-state index is -0.828. The van der Waals surface area contributed by atoms with Crippen LogP contribution in [0.5, 0.6) is 0 Å². The van der Waals surface area contributed by atoms with Gasteiger partial charge >= 0.3 is 5.97 Å². The van der Waals surface area contributed by atoms with E-state index in [1.54, 1.807) is 6.92 Å². The molecule has 1 aliphatic heterocycles. The van der Waals surface area contributed by atoms with Crippen LogP contribution >= 0.6 is 0 Å². The molecule has 2 amide bonds. The van der Waals surface area contributed by atoms with E-state index in [0.717, 1.165) is 11.1 Å². The fourth-order valence-corrected chi connectivity index (χ4v) is 3.61. The molecule has 1 saturated heterocycles. The summed E-state index contributed by atoms with van der Waals surface area (Å²) >= 11 is 0. The number of ether oxygens (including phenoxy) is 2. The monoisotopic (exact) mass is 462 g/mol.